The van der Waals surface area contributed by atoms with E-state index in [0.717, 1.165) is 16.9 Å². The highest BCUT2D eigenvalue weighted by Crippen LogP contribution is 2.23. The van der Waals surface area contributed by atoms with Crippen molar-refractivity contribution in [1.82, 2.24) is 4.90 Å². The molecule has 1 fully saturated rings. The van der Waals surface area contributed by atoms with Crippen LogP contribution in [0.3, 0.4) is 0 Å². The molecule has 6 heteroatoms. The Labute approximate surface area is 157 Å². The van der Waals surface area contributed by atoms with Crippen molar-refractivity contribution in [2.45, 2.75) is 19.4 Å². The van der Waals surface area contributed by atoms with Crippen LogP contribution < -0.4 is 4.74 Å². The van der Waals surface area contributed by atoms with E-state index >= 15 is 0 Å². The number of carbonyl (C=O) groups excluding carboxylic acids is 1. The fraction of sp³-hybridized carbons (Fsp3) is 0.300. The molecule has 1 unspecified atom stereocenters. The minimum absolute atomic E-state index is 0.0856. The van der Waals surface area contributed by atoms with E-state index in [1.165, 1.54) is 0 Å². The largest absolute Gasteiger partial charge is 0.489 e. The maximum atomic E-state index is 12.0. The van der Waals surface area contributed by atoms with Gasteiger partial charge in [0.2, 0.25) is 5.91 Å². The Hall–Kier alpha value is -2.53. The Kier molecular flexibility index (Phi) is 5.78. The van der Waals surface area contributed by atoms with E-state index in [0.29, 0.717) is 24.6 Å². The number of halogens is 1. The molecule has 3 rings (SSSR count). The van der Waals surface area contributed by atoms with Crippen LogP contribution in [-0.2, 0) is 22.6 Å². The van der Waals surface area contributed by atoms with Gasteiger partial charge >= 0.3 is 5.97 Å². The Bertz CT molecular complexity index is 808. The summed E-state index contributed by atoms with van der Waals surface area (Å²) in [5.41, 5.74) is 1.97. The SMILES string of the molecule is O=C(O)C1CC(=O)N(CCc2ccccc2OCc2cccc(Cl)c2)C1. The van der Waals surface area contributed by atoms with Gasteiger partial charge in [-0.3, -0.25) is 9.59 Å². The van der Waals surface area contributed by atoms with Crippen LogP contribution in [0, 0.1) is 5.92 Å². The molecular formula is C20H20ClNO4. The normalized spacial score (nSPS) is 16.7. The molecule has 5 nitrogen and oxygen atoms in total. The summed E-state index contributed by atoms with van der Waals surface area (Å²) in [4.78, 5) is 24.6. The van der Waals surface area contributed by atoms with E-state index < -0.39 is 11.9 Å². The second-order valence-corrected chi connectivity index (χ2v) is 6.79. The number of amides is 1. The van der Waals surface area contributed by atoms with Crippen LogP contribution in [0.1, 0.15) is 17.5 Å². The van der Waals surface area contributed by atoms with E-state index in [4.69, 9.17) is 21.4 Å². The van der Waals surface area contributed by atoms with Crippen molar-refractivity contribution in [1.29, 1.82) is 0 Å². The zero-order chi connectivity index (χ0) is 18.5. The molecule has 0 spiro atoms. The first-order valence-electron chi connectivity index (χ1n) is 8.48. The van der Waals surface area contributed by atoms with Gasteiger partial charge in [-0.1, -0.05) is 41.9 Å². The number of para-hydroxylation sites is 1. The average molecular weight is 374 g/mol. The van der Waals surface area contributed by atoms with Gasteiger partial charge in [0.15, 0.2) is 0 Å². The topological polar surface area (TPSA) is 66.8 Å². The minimum Gasteiger partial charge on any atom is -0.489 e. The Balaban J connectivity index is 1.60. The molecule has 0 aliphatic carbocycles. The van der Waals surface area contributed by atoms with Crippen molar-refractivity contribution in [3.8, 4) is 5.75 Å². The molecule has 0 bridgehead atoms. The number of rotatable bonds is 7. The third kappa shape index (κ3) is 4.55. The maximum absolute atomic E-state index is 12.0. The van der Waals surface area contributed by atoms with Gasteiger partial charge in [0.1, 0.15) is 12.4 Å². The zero-order valence-electron chi connectivity index (χ0n) is 14.2. The third-order valence-corrected chi connectivity index (χ3v) is 4.71. The van der Waals surface area contributed by atoms with Crippen molar-refractivity contribution < 1.29 is 19.4 Å². The van der Waals surface area contributed by atoms with Gasteiger partial charge in [-0.25, -0.2) is 0 Å². The predicted octanol–water partition coefficient (Wildman–Crippen LogP) is 3.39. The van der Waals surface area contributed by atoms with Gasteiger partial charge < -0.3 is 14.7 Å². The van der Waals surface area contributed by atoms with Crippen LogP contribution >= 0.6 is 11.6 Å². The molecule has 136 valence electrons. The van der Waals surface area contributed by atoms with E-state index in [1.807, 2.05) is 48.5 Å². The Morgan fingerprint density at radius 1 is 1.23 bits per heavy atom. The summed E-state index contributed by atoms with van der Waals surface area (Å²) in [6, 6.07) is 15.2. The number of carbonyl (C=O) groups is 2. The smallest absolute Gasteiger partial charge is 0.308 e. The summed E-state index contributed by atoms with van der Waals surface area (Å²) >= 11 is 5.99. The van der Waals surface area contributed by atoms with Crippen LogP contribution in [0.25, 0.3) is 0 Å². The summed E-state index contributed by atoms with van der Waals surface area (Å²) in [6.07, 6.45) is 0.700. The van der Waals surface area contributed by atoms with Crippen LogP contribution in [0.2, 0.25) is 5.02 Å². The lowest BCUT2D eigenvalue weighted by atomic mass is 10.1. The standard InChI is InChI=1S/C20H20ClNO4/c21-17-6-3-4-14(10-17)13-26-18-7-2-1-5-15(18)8-9-22-12-16(20(24)25)11-19(22)23/h1-7,10,16H,8-9,11-13H2,(H,24,25). The monoisotopic (exact) mass is 373 g/mol. The Morgan fingerprint density at radius 2 is 2.04 bits per heavy atom. The summed E-state index contributed by atoms with van der Waals surface area (Å²) in [6.45, 7) is 1.17. The highest BCUT2D eigenvalue weighted by atomic mass is 35.5. The molecule has 0 radical (unpaired) electrons. The molecule has 2 aromatic rings. The fourth-order valence-electron chi connectivity index (χ4n) is 3.05. The summed E-state index contributed by atoms with van der Waals surface area (Å²) in [5, 5.41) is 9.73. The van der Waals surface area contributed by atoms with E-state index in [9.17, 15) is 9.59 Å². The molecular weight excluding hydrogens is 354 g/mol. The molecule has 1 aliphatic rings. The van der Waals surface area contributed by atoms with Crippen molar-refractivity contribution in [2.75, 3.05) is 13.1 Å². The molecule has 2 aromatic carbocycles. The number of carboxylic acid groups (broad SMARTS) is 1. The molecule has 0 saturated carbocycles. The van der Waals surface area contributed by atoms with Gasteiger partial charge in [0.25, 0.3) is 0 Å². The lowest BCUT2D eigenvalue weighted by molar-refractivity contribution is -0.141. The van der Waals surface area contributed by atoms with Crippen molar-refractivity contribution in [3.63, 3.8) is 0 Å². The number of aliphatic carboxylic acids is 1. The van der Waals surface area contributed by atoms with E-state index in [2.05, 4.69) is 0 Å². The van der Waals surface area contributed by atoms with Gasteiger partial charge in [-0.05, 0) is 35.7 Å². The van der Waals surface area contributed by atoms with Crippen LogP contribution in [0.4, 0.5) is 0 Å². The first-order chi connectivity index (χ1) is 12.5. The highest BCUT2D eigenvalue weighted by Gasteiger charge is 2.33. The van der Waals surface area contributed by atoms with Crippen LogP contribution in [0.5, 0.6) is 5.75 Å². The number of hydrogen-bond acceptors (Lipinski definition) is 3. The van der Waals surface area contributed by atoms with Crippen molar-refractivity contribution in [3.05, 3.63) is 64.7 Å². The second-order valence-electron chi connectivity index (χ2n) is 6.36. The van der Waals surface area contributed by atoms with Gasteiger partial charge in [-0.15, -0.1) is 0 Å². The third-order valence-electron chi connectivity index (χ3n) is 4.47. The molecule has 1 amide bonds. The van der Waals surface area contributed by atoms with E-state index in [-0.39, 0.29) is 18.9 Å². The lowest BCUT2D eigenvalue weighted by Gasteiger charge is -2.17. The minimum atomic E-state index is -0.911. The maximum Gasteiger partial charge on any atom is 0.308 e. The molecule has 1 aliphatic heterocycles. The van der Waals surface area contributed by atoms with Gasteiger partial charge in [0.05, 0.1) is 5.92 Å². The van der Waals surface area contributed by atoms with Gasteiger partial charge in [0, 0.05) is 24.5 Å². The summed E-state index contributed by atoms with van der Waals surface area (Å²) in [7, 11) is 0. The molecule has 1 atom stereocenters. The summed E-state index contributed by atoms with van der Waals surface area (Å²) in [5.74, 6) is -0.855. The number of hydrogen-bond donors (Lipinski definition) is 1. The first kappa shape index (κ1) is 18.3. The number of carboxylic acids is 1. The first-order valence-corrected chi connectivity index (χ1v) is 8.86. The van der Waals surface area contributed by atoms with Gasteiger partial charge in [-0.2, -0.15) is 0 Å². The number of nitrogens with zero attached hydrogens (tertiary/aromatic N) is 1. The van der Waals surface area contributed by atoms with Crippen LogP contribution in [0.15, 0.2) is 48.5 Å². The fourth-order valence-corrected chi connectivity index (χ4v) is 3.26. The molecule has 1 saturated heterocycles. The summed E-state index contributed by atoms with van der Waals surface area (Å²) < 4.78 is 5.92. The number of benzene rings is 2. The van der Waals surface area contributed by atoms with Crippen molar-refractivity contribution in [2.24, 2.45) is 5.92 Å². The highest BCUT2D eigenvalue weighted by molar-refractivity contribution is 6.30. The number of likely N-dealkylation sites (tertiary alicyclic amines) is 1. The Morgan fingerprint density at radius 3 is 2.77 bits per heavy atom. The second kappa shape index (κ2) is 8.23. The number of ether oxygens (including phenoxy) is 1. The molecule has 1 heterocycles. The molecule has 1 N–H and O–H groups in total. The lowest BCUT2D eigenvalue weighted by Crippen LogP contribution is -2.28. The van der Waals surface area contributed by atoms with E-state index in [1.54, 1.807) is 4.90 Å². The quantitative estimate of drug-likeness (QED) is 0.807. The van der Waals surface area contributed by atoms with Crippen LogP contribution in [-0.4, -0.2) is 35.0 Å². The predicted molar refractivity (Wildman–Crippen MR) is 98.3 cm³/mol. The van der Waals surface area contributed by atoms with Crippen molar-refractivity contribution >= 4 is 23.5 Å². The molecule has 0 aromatic heterocycles. The zero-order valence-corrected chi connectivity index (χ0v) is 15.0. The molecule has 26 heavy (non-hydrogen) atoms. The average Bonchev–Trinajstić information content (AvgIpc) is 3.00.